The van der Waals surface area contributed by atoms with Crippen LogP contribution in [0.1, 0.15) is 42.0 Å². The standard InChI is InChI=1S/C27H24FNO3/c1-14(2)19-11-17-10-15(3)20(13-24(30)31)26(21(17)12-22(19)28)18-4-5-23-25-16(7-9-32-23)6-8-29-27(18)25/h4-6,8,10-12,14H,7,9,13H2,1-3H3,(H,30,31). The van der Waals surface area contributed by atoms with Crippen LogP contribution < -0.4 is 4.74 Å². The monoisotopic (exact) mass is 429 g/mol. The Bertz CT molecular complexity index is 1400. The number of aliphatic carboxylic acids is 1. The van der Waals surface area contributed by atoms with Gasteiger partial charge in [-0.2, -0.15) is 0 Å². The van der Waals surface area contributed by atoms with Gasteiger partial charge >= 0.3 is 5.97 Å². The zero-order chi connectivity index (χ0) is 22.6. The maximum Gasteiger partial charge on any atom is 0.307 e. The van der Waals surface area contributed by atoms with Crippen LogP contribution in [0.4, 0.5) is 4.39 Å². The van der Waals surface area contributed by atoms with Crippen LogP contribution in [0.25, 0.3) is 32.8 Å². The first kappa shape index (κ1) is 20.4. The molecule has 1 aliphatic heterocycles. The Hall–Kier alpha value is -3.47. The first-order chi connectivity index (χ1) is 15.3. The van der Waals surface area contributed by atoms with Gasteiger partial charge in [0.2, 0.25) is 0 Å². The first-order valence-electron chi connectivity index (χ1n) is 10.9. The highest BCUT2D eigenvalue weighted by Crippen LogP contribution is 2.43. The van der Waals surface area contributed by atoms with E-state index < -0.39 is 5.97 Å². The number of aromatic nitrogens is 1. The molecule has 0 spiro atoms. The van der Waals surface area contributed by atoms with Crippen LogP contribution in [0, 0.1) is 12.7 Å². The van der Waals surface area contributed by atoms with Crippen LogP contribution in [-0.4, -0.2) is 22.7 Å². The smallest absolute Gasteiger partial charge is 0.307 e. The van der Waals surface area contributed by atoms with E-state index in [0.717, 1.165) is 50.7 Å². The lowest BCUT2D eigenvalue weighted by Crippen LogP contribution is -2.10. The topological polar surface area (TPSA) is 59.4 Å². The lowest BCUT2D eigenvalue weighted by Gasteiger charge is -2.22. The second-order valence-corrected chi connectivity index (χ2v) is 8.77. The molecule has 0 amide bonds. The van der Waals surface area contributed by atoms with Crippen LogP contribution in [-0.2, 0) is 17.6 Å². The van der Waals surface area contributed by atoms with E-state index in [1.54, 1.807) is 12.3 Å². The molecule has 1 N–H and O–H groups in total. The molecule has 0 fully saturated rings. The Labute approximate surface area is 185 Å². The van der Waals surface area contributed by atoms with Crippen LogP contribution in [0.2, 0.25) is 0 Å². The van der Waals surface area contributed by atoms with Crippen molar-refractivity contribution in [2.45, 2.75) is 39.5 Å². The molecule has 0 saturated heterocycles. The Kier molecular flexibility index (Phi) is 4.85. The fourth-order valence-corrected chi connectivity index (χ4v) is 4.86. The normalized spacial score (nSPS) is 13.0. The summed E-state index contributed by atoms with van der Waals surface area (Å²) in [6.07, 6.45) is 2.42. The average molecular weight is 429 g/mol. The number of nitrogens with zero attached hydrogens (tertiary/aromatic N) is 1. The van der Waals surface area contributed by atoms with Crippen molar-refractivity contribution in [3.63, 3.8) is 0 Å². The molecule has 3 aromatic carbocycles. The molecular formula is C27H24FNO3. The Balaban J connectivity index is 1.92. The van der Waals surface area contributed by atoms with Gasteiger partial charge in [-0.05, 0) is 81.8 Å². The van der Waals surface area contributed by atoms with Gasteiger partial charge in [0.1, 0.15) is 11.6 Å². The molecule has 4 nitrogen and oxygen atoms in total. The van der Waals surface area contributed by atoms with Crippen molar-refractivity contribution in [1.29, 1.82) is 0 Å². The van der Waals surface area contributed by atoms with Gasteiger partial charge in [0, 0.05) is 23.6 Å². The molecule has 0 aliphatic carbocycles. The fourth-order valence-electron chi connectivity index (χ4n) is 4.86. The highest BCUT2D eigenvalue weighted by molar-refractivity contribution is 6.08. The van der Waals surface area contributed by atoms with Crippen molar-refractivity contribution in [2.24, 2.45) is 0 Å². The maximum atomic E-state index is 15.1. The summed E-state index contributed by atoms with van der Waals surface area (Å²) < 4.78 is 21.0. The summed E-state index contributed by atoms with van der Waals surface area (Å²) in [4.78, 5) is 16.4. The number of carboxylic acids is 1. The van der Waals surface area contributed by atoms with Crippen LogP contribution in [0.5, 0.6) is 5.75 Å². The molecule has 0 saturated carbocycles. The number of carbonyl (C=O) groups is 1. The van der Waals surface area contributed by atoms with Crippen LogP contribution in [0.3, 0.4) is 0 Å². The van der Waals surface area contributed by atoms with Gasteiger partial charge in [0.05, 0.1) is 18.5 Å². The molecule has 1 aliphatic rings. The van der Waals surface area contributed by atoms with Crippen LogP contribution in [0.15, 0.2) is 42.6 Å². The number of pyridine rings is 1. The molecule has 1 aromatic heterocycles. The van der Waals surface area contributed by atoms with Crippen molar-refractivity contribution >= 4 is 27.6 Å². The molecule has 5 rings (SSSR count). The minimum atomic E-state index is -0.924. The van der Waals surface area contributed by atoms with Gasteiger partial charge in [0.15, 0.2) is 0 Å². The molecule has 0 radical (unpaired) electrons. The van der Waals surface area contributed by atoms with Gasteiger partial charge in [-0.15, -0.1) is 0 Å². The number of hydrogen-bond acceptors (Lipinski definition) is 3. The highest BCUT2D eigenvalue weighted by Gasteiger charge is 2.23. The molecule has 0 unspecified atom stereocenters. The third-order valence-electron chi connectivity index (χ3n) is 6.38. The number of rotatable bonds is 4. The van der Waals surface area contributed by atoms with E-state index in [9.17, 15) is 9.90 Å². The van der Waals surface area contributed by atoms with Crippen molar-refractivity contribution < 1.29 is 19.0 Å². The maximum absolute atomic E-state index is 15.1. The van der Waals surface area contributed by atoms with Crippen molar-refractivity contribution in [3.8, 4) is 16.9 Å². The highest BCUT2D eigenvalue weighted by atomic mass is 19.1. The molecule has 5 heteroatoms. The van der Waals surface area contributed by atoms with E-state index in [0.29, 0.717) is 23.1 Å². The number of halogens is 1. The van der Waals surface area contributed by atoms with E-state index in [1.807, 2.05) is 51.1 Å². The van der Waals surface area contributed by atoms with Gasteiger partial charge < -0.3 is 9.84 Å². The summed E-state index contributed by atoms with van der Waals surface area (Å²) in [5, 5.41) is 12.2. The summed E-state index contributed by atoms with van der Waals surface area (Å²) in [5.74, 6) is -0.380. The number of hydrogen-bond donors (Lipinski definition) is 1. The predicted molar refractivity (Wildman–Crippen MR) is 124 cm³/mol. The number of carboxylic acid groups (broad SMARTS) is 1. The summed E-state index contributed by atoms with van der Waals surface area (Å²) >= 11 is 0. The molecule has 0 atom stereocenters. The zero-order valence-electron chi connectivity index (χ0n) is 18.3. The molecular weight excluding hydrogens is 405 g/mol. The van der Waals surface area contributed by atoms with Crippen molar-refractivity contribution in [3.05, 3.63) is 70.7 Å². The van der Waals surface area contributed by atoms with E-state index in [4.69, 9.17) is 4.74 Å². The van der Waals surface area contributed by atoms with Gasteiger partial charge in [-0.1, -0.05) is 19.9 Å². The summed E-state index contributed by atoms with van der Waals surface area (Å²) in [5.41, 5.74) is 5.65. The number of benzene rings is 3. The number of fused-ring (bicyclic) bond motifs is 1. The minimum absolute atomic E-state index is 0.0428. The summed E-state index contributed by atoms with van der Waals surface area (Å²) in [6.45, 7) is 6.47. The van der Waals surface area contributed by atoms with E-state index >= 15 is 4.39 Å². The summed E-state index contributed by atoms with van der Waals surface area (Å²) in [6, 6.07) is 11.2. The Morgan fingerprint density at radius 1 is 1.22 bits per heavy atom. The fraction of sp³-hybridized carbons (Fsp3) is 0.259. The third kappa shape index (κ3) is 3.20. The molecule has 2 heterocycles. The zero-order valence-corrected chi connectivity index (χ0v) is 18.3. The van der Waals surface area contributed by atoms with Gasteiger partial charge in [0.25, 0.3) is 0 Å². The third-order valence-corrected chi connectivity index (χ3v) is 6.38. The predicted octanol–water partition coefficient (Wildman–Crippen LogP) is 6.19. The summed E-state index contributed by atoms with van der Waals surface area (Å²) in [7, 11) is 0. The quantitative estimate of drug-likeness (QED) is 0.420. The van der Waals surface area contributed by atoms with Crippen molar-refractivity contribution in [1.82, 2.24) is 4.98 Å². The van der Waals surface area contributed by atoms with Crippen LogP contribution >= 0.6 is 0 Å². The second kappa shape index (κ2) is 7.59. The van der Waals surface area contributed by atoms with Gasteiger partial charge in [-0.3, -0.25) is 9.78 Å². The Morgan fingerprint density at radius 2 is 2.03 bits per heavy atom. The number of aryl methyl sites for hydroxylation is 1. The average Bonchev–Trinajstić information content (AvgIpc) is 2.75. The lowest BCUT2D eigenvalue weighted by atomic mass is 9.85. The first-order valence-corrected chi connectivity index (χ1v) is 10.9. The molecule has 0 bridgehead atoms. The van der Waals surface area contributed by atoms with Gasteiger partial charge in [-0.25, -0.2) is 4.39 Å². The molecule has 4 aromatic rings. The largest absolute Gasteiger partial charge is 0.493 e. The van der Waals surface area contributed by atoms with E-state index in [-0.39, 0.29) is 18.2 Å². The van der Waals surface area contributed by atoms with E-state index in [2.05, 4.69) is 4.98 Å². The Morgan fingerprint density at radius 3 is 2.78 bits per heavy atom. The number of ether oxygens (including phenoxy) is 1. The lowest BCUT2D eigenvalue weighted by molar-refractivity contribution is -0.136. The molecule has 162 valence electrons. The van der Waals surface area contributed by atoms with Crippen molar-refractivity contribution in [2.75, 3.05) is 6.61 Å². The minimum Gasteiger partial charge on any atom is -0.493 e. The van der Waals surface area contributed by atoms with E-state index in [1.165, 1.54) is 0 Å². The molecule has 32 heavy (non-hydrogen) atoms. The SMILES string of the molecule is Cc1cc2cc(C(C)C)c(F)cc2c(-c2ccc3c4c(ccnc24)CCO3)c1CC(=O)O. The second-order valence-electron chi connectivity index (χ2n) is 8.77.